The number of aryl methyl sites for hydroxylation is 1. The molecule has 10 nitrogen and oxygen atoms in total. The quantitative estimate of drug-likeness (QED) is 0.456. The van der Waals surface area contributed by atoms with E-state index in [2.05, 4.69) is 25.2 Å². The summed E-state index contributed by atoms with van der Waals surface area (Å²) in [6.07, 6.45) is 2.44. The van der Waals surface area contributed by atoms with Gasteiger partial charge in [0, 0.05) is 36.8 Å². The molecule has 0 aromatic carbocycles. The maximum atomic E-state index is 13.4. The SMILES string of the molecule is Cc1csc(-c2nc3ncc(OCCCN4CCOCC4)cc3c(=O)n2CC(=O)NC(C)C)n1. The van der Waals surface area contributed by atoms with Crippen LogP contribution in [0.1, 0.15) is 26.0 Å². The van der Waals surface area contributed by atoms with Crippen molar-refractivity contribution < 1.29 is 14.3 Å². The zero-order valence-electron chi connectivity index (χ0n) is 19.7. The Balaban J connectivity index is 1.57. The second kappa shape index (κ2) is 11.0. The number of carbonyl (C=O) groups excluding carboxylic acids is 1. The van der Waals surface area contributed by atoms with Gasteiger partial charge in [-0.15, -0.1) is 11.3 Å². The lowest BCUT2D eigenvalue weighted by molar-refractivity contribution is -0.122. The topological polar surface area (TPSA) is 111 Å². The van der Waals surface area contributed by atoms with E-state index in [1.54, 1.807) is 12.3 Å². The normalized spacial score (nSPS) is 14.6. The summed E-state index contributed by atoms with van der Waals surface area (Å²) in [5, 5.41) is 5.58. The second-order valence-electron chi connectivity index (χ2n) is 8.54. The number of morpholine rings is 1. The summed E-state index contributed by atoms with van der Waals surface area (Å²) in [7, 11) is 0. The van der Waals surface area contributed by atoms with Gasteiger partial charge in [0.15, 0.2) is 16.5 Å². The summed E-state index contributed by atoms with van der Waals surface area (Å²) in [5.41, 5.74) is 0.772. The van der Waals surface area contributed by atoms with E-state index in [4.69, 9.17) is 9.47 Å². The van der Waals surface area contributed by atoms with Gasteiger partial charge in [0.05, 0.1) is 31.4 Å². The van der Waals surface area contributed by atoms with Gasteiger partial charge in [-0.2, -0.15) is 0 Å². The van der Waals surface area contributed by atoms with Gasteiger partial charge >= 0.3 is 0 Å². The molecule has 0 atom stereocenters. The van der Waals surface area contributed by atoms with Gasteiger partial charge in [-0.3, -0.25) is 19.1 Å². The highest BCUT2D eigenvalue weighted by Crippen LogP contribution is 2.23. The van der Waals surface area contributed by atoms with Crippen LogP contribution in [0.25, 0.3) is 21.9 Å². The highest BCUT2D eigenvalue weighted by Gasteiger charge is 2.19. The monoisotopic (exact) mass is 486 g/mol. The standard InChI is InChI=1S/C23H30N6O4S/c1-15(2)25-19(30)13-29-21(22-26-16(3)14-34-22)27-20-18(23(29)31)11-17(12-24-20)33-8-4-5-28-6-9-32-10-7-28/h11-12,14-15H,4-10,13H2,1-3H3,(H,25,30). The fraction of sp³-hybridized carbons (Fsp3) is 0.522. The number of nitrogens with zero attached hydrogens (tertiary/aromatic N) is 5. The first kappa shape index (κ1) is 24.2. The minimum Gasteiger partial charge on any atom is -0.492 e. The van der Waals surface area contributed by atoms with E-state index in [1.807, 2.05) is 26.2 Å². The highest BCUT2D eigenvalue weighted by molar-refractivity contribution is 7.13. The van der Waals surface area contributed by atoms with Crippen molar-refractivity contribution in [2.45, 2.75) is 39.8 Å². The molecule has 11 heteroatoms. The zero-order valence-corrected chi connectivity index (χ0v) is 20.6. The number of carbonyl (C=O) groups is 1. The molecule has 1 saturated heterocycles. The van der Waals surface area contributed by atoms with Crippen LogP contribution in [0.15, 0.2) is 22.4 Å². The Morgan fingerprint density at radius 2 is 2.09 bits per heavy atom. The molecule has 0 aliphatic carbocycles. The summed E-state index contributed by atoms with van der Waals surface area (Å²) in [6, 6.07) is 1.61. The van der Waals surface area contributed by atoms with Crippen molar-refractivity contribution in [1.82, 2.24) is 29.7 Å². The number of aromatic nitrogens is 4. The van der Waals surface area contributed by atoms with Crippen LogP contribution in [-0.2, 0) is 16.1 Å². The summed E-state index contributed by atoms with van der Waals surface area (Å²) in [4.78, 5) is 41.7. The molecule has 34 heavy (non-hydrogen) atoms. The van der Waals surface area contributed by atoms with E-state index < -0.39 is 0 Å². The first-order valence-electron chi connectivity index (χ1n) is 11.5. The third-order valence-corrected chi connectivity index (χ3v) is 6.29. The predicted octanol–water partition coefficient (Wildman–Crippen LogP) is 1.85. The Morgan fingerprint density at radius 3 is 2.79 bits per heavy atom. The molecule has 1 aliphatic heterocycles. The summed E-state index contributed by atoms with van der Waals surface area (Å²) >= 11 is 1.37. The fourth-order valence-electron chi connectivity index (χ4n) is 3.75. The number of fused-ring (bicyclic) bond motifs is 1. The maximum absolute atomic E-state index is 13.4. The van der Waals surface area contributed by atoms with Gasteiger partial charge in [-0.1, -0.05) is 0 Å². The van der Waals surface area contributed by atoms with Crippen LogP contribution >= 0.6 is 11.3 Å². The first-order chi connectivity index (χ1) is 16.4. The molecule has 0 saturated carbocycles. The Bertz CT molecular complexity index is 1200. The van der Waals surface area contributed by atoms with E-state index >= 15 is 0 Å². The lowest BCUT2D eigenvalue weighted by atomic mass is 10.3. The number of amides is 1. The summed E-state index contributed by atoms with van der Waals surface area (Å²) in [5.74, 6) is 0.571. The molecular formula is C23H30N6O4S. The number of thiazole rings is 1. The van der Waals surface area contributed by atoms with Gasteiger partial charge in [0.1, 0.15) is 12.3 Å². The van der Waals surface area contributed by atoms with Gasteiger partial charge in [0.2, 0.25) is 5.91 Å². The van der Waals surface area contributed by atoms with Crippen molar-refractivity contribution >= 4 is 28.3 Å². The van der Waals surface area contributed by atoms with Crippen molar-refractivity contribution in [3.05, 3.63) is 33.7 Å². The molecule has 182 valence electrons. The third kappa shape index (κ3) is 5.96. The van der Waals surface area contributed by atoms with Crippen molar-refractivity contribution in [3.8, 4) is 16.6 Å². The minimum absolute atomic E-state index is 0.0405. The average molecular weight is 487 g/mol. The van der Waals surface area contributed by atoms with Crippen molar-refractivity contribution in [1.29, 1.82) is 0 Å². The highest BCUT2D eigenvalue weighted by atomic mass is 32.1. The number of nitrogens with one attached hydrogen (secondary N) is 1. The smallest absolute Gasteiger partial charge is 0.263 e. The lowest BCUT2D eigenvalue weighted by Gasteiger charge is -2.26. The van der Waals surface area contributed by atoms with Crippen molar-refractivity contribution in [2.75, 3.05) is 39.5 Å². The van der Waals surface area contributed by atoms with Gasteiger partial charge in [-0.05, 0) is 33.3 Å². The average Bonchev–Trinajstić information content (AvgIpc) is 3.25. The Morgan fingerprint density at radius 1 is 1.29 bits per heavy atom. The molecule has 0 radical (unpaired) electrons. The predicted molar refractivity (Wildman–Crippen MR) is 130 cm³/mol. The van der Waals surface area contributed by atoms with Crippen LogP contribution in [0, 0.1) is 6.92 Å². The minimum atomic E-state index is -0.349. The van der Waals surface area contributed by atoms with Crippen molar-refractivity contribution in [2.24, 2.45) is 0 Å². The molecule has 0 unspecified atom stereocenters. The first-order valence-corrected chi connectivity index (χ1v) is 12.3. The van der Waals surface area contributed by atoms with Crippen LogP contribution in [-0.4, -0.2) is 75.8 Å². The number of hydrogen-bond donors (Lipinski definition) is 1. The van der Waals surface area contributed by atoms with E-state index in [-0.39, 0.29) is 24.1 Å². The van der Waals surface area contributed by atoms with Crippen LogP contribution < -0.4 is 15.6 Å². The number of ether oxygens (including phenoxy) is 2. The second-order valence-corrected chi connectivity index (χ2v) is 9.40. The van der Waals surface area contributed by atoms with Gasteiger partial charge in [0.25, 0.3) is 5.56 Å². The molecule has 1 N–H and O–H groups in total. The zero-order chi connectivity index (χ0) is 24.1. The van der Waals surface area contributed by atoms with Crippen LogP contribution in [0.2, 0.25) is 0 Å². The molecule has 4 heterocycles. The largest absolute Gasteiger partial charge is 0.492 e. The van der Waals surface area contributed by atoms with E-state index in [1.165, 1.54) is 15.9 Å². The molecule has 1 fully saturated rings. The third-order valence-electron chi connectivity index (χ3n) is 5.34. The van der Waals surface area contributed by atoms with E-state index in [0.29, 0.717) is 34.2 Å². The van der Waals surface area contributed by atoms with Crippen molar-refractivity contribution in [3.63, 3.8) is 0 Å². The van der Waals surface area contributed by atoms with Crippen LogP contribution in [0.4, 0.5) is 0 Å². The fourth-order valence-corrected chi connectivity index (χ4v) is 4.54. The summed E-state index contributed by atoms with van der Waals surface area (Å²) in [6.45, 7) is 10.3. The molecule has 3 aromatic heterocycles. The molecule has 1 aliphatic rings. The van der Waals surface area contributed by atoms with E-state index in [9.17, 15) is 9.59 Å². The van der Waals surface area contributed by atoms with Crippen LogP contribution in [0.5, 0.6) is 5.75 Å². The molecule has 0 spiro atoms. The Kier molecular flexibility index (Phi) is 7.86. The Hall–Kier alpha value is -2.89. The number of pyridine rings is 1. The molecule has 0 bridgehead atoms. The van der Waals surface area contributed by atoms with Gasteiger partial charge < -0.3 is 14.8 Å². The molecule has 4 rings (SSSR count). The van der Waals surface area contributed by atoms with E-state index in [0.717, 1.165) is 45.0 Å². The maximum Gasteiger partial charge on any atom is 0.263 e. The van der Waals surface area contributed by atoms with Gasteiger partial charge in [-0.25, -0.2) is 15.0 Å². The lowest BCUT2D eigenvalue weighted by Crippen LogP contribution is -2.37. The Labute approximate surface area is 201 Å². The molecular weight excluding hydrogens is 456 g/mol. The van der Waals surface area contributed by atoms with Crippen LogP contribution in [0.3, 0.4) is 0 Å². The molecule has 3 aromatic rings. The number of hydrogen-bond acceptors (Lipinski definition) is 9. The summed E-state index contributed by atoms with van der Waals surface area (Å²) < 4.78 is 12.6. The molecule has 1 amide bonds. The number of rotatable bonds is 9.